The van der Waals surface area contributed by atoms with E-state index in [0.717, 1.165) is 23.9 Å². The van der Waals surface area contributed by atoms with Crippen LogP contribution in [0.15, 0.2) is 36.7 Å². The van der Waals surface area contributed by atoms with E-state index in [0.29, 0.717) is 17.5 Å². The fourth-order valence-electron chi connectivity index (χ4n) is 4.04. The maximum Gasteiger partial charge on any atom is 0.319 e. The zero-order chi connectivity index (χ0) is 17.2. The standard InChI is InChI=1S/C19H22N4O2/c24-18(23-11-15-2-1-3-16(15)12-23)10-21-19(25)22-17-5-4-14-9-20-7-6-13(14)8-17/h4-9,15-16H,1-3,10-12H2,(H2,21,22,25). The van der Waals surface area contributed by atoms with E-state index in [1.54, 1.807) is 12.4 Å². The van der Waals surface area contributed by atoms with Gasteiger partial charge in [0.05, 0.1) is 6.54 Å². The summed E-state index contributed by atoms with van der Waals surface area (Å²) in [6, 6.07) is 7.16. The van der Waals surface area contributed by atoms with Crippen molar-refractivity contribution in [2.75, 3.05) is 25.0 Å². The number of likely N-dealkylation sites (tertiary alicyclic amines) is 1. The van der Waals surface area contributed by atoms with E-state index in [1.807, 2.05) is 29.2 Å². The van der Waals surface area contributed by atoms with Gasteiger partial charge in [-0.05, 0) is 48.3 Å². The summed E-state index contributed by atoms with van der Waals surface area (Å²) in [7, 11) is 0. The number of rotatable bonds is 3. The molecular weight excluding hydrogens is 316 g/mol. The largest absolute Gasteiger partial charge is 0.341 e. The number of nitrogens with one attached hydrogen (secondary N) is 2. The number of carbonyl (C=O) groups excluding carboxylic acids is 2. The van der Waals surface area contributed by atoms with Crippen molar-refractivity contribution in [2.45, 2.75) is 19.3 Å². The Morgan fingerprint density at radius 2 is 1.92 bits per heavy atom. The Hall–Kier alpha value is -2.63. The Labute approximate surface area is 146 Å². The number of benzene rings is 1. The Morgan fingerprint density at radius 3 is 2.72 bits per heavy atom. The van der Waals surface area contributed by atoms with Crippen LogP contribution < -0.4 is 10.6 Å². The van der Waals surface area contributed by atoms with Crippen LogP contribution in [0.3, 0.4) is 0 Å². The molecule has 1 aromatic carbocycles. The number of carbonyl (C=O) groups is 2. The molecule has 6 nitrogen and oxygen atoms in total. The fraction of sp³-hybridized carbons (Fsp3) is 0.421. The first kappa shape index (κ1) is 15.9. The van der Waals surface area contributed by atoms with Gasteiger partial charge in [-0.2, -0.15) is 0 Å². The van der Waals surface area contributed by atoms with Crippen LogP contribution in [-0.4, -0.2) is 41.5 Å². The lowest BCUT2D eigenvalue weighted by Gasteiger charge is -2.17. The van der Waals surface area contributed by atoms with Crippen LogP contribution in [0.2, 0.25) is 0 Å². The maximum atomic E-state index is 12.3. The van der Waals surface area contributed by atoms with Gasteiger partial charge in [-0.15, -0.1) is 0 Å². The minimum atomic E-state index is -0.360. The number of fused-ring (bicyclic) bond motifs is 2. The maximum absolute atomic E-state index is 12.3. The molecule has 1 aromatic heterocycles. The zero-order valence-electron chi connectivity index (χ0n) is 14.1. The Morgan fingerprint density at radius 1 is 1.12 bits per heavy atom. The average molecular weight is 338 g/mol. The monoisotopic (exact) mass is 338 g/mol. The predicted octanol–water partition coefficient (Wildman–Crippen LogP) is 2.61. The van der Waals surface area contributed by atoms with Crippen molar-refractivity contribution in [1.29, 1.82) is 0 Å². The Kier molecular flexibility index (Phi) is 4.26. The van der Waals surface area contributed by atoms with E-state index in [9.17, 15) is 9.59 Å². The second-order valence-electron chi connectivity index (χ2n) is 7.00. The summed E-state index contributed by atoms with van der Waals surface area (Å²) < 4.78 is 0. The number of hydrogen-bond acceptors (Lipinski definition) is 3. The molecule has 0 radical (unpaired) electrons. The first-order valence-corrected chi connectivity index (χ1v) is 8.85. The van der Waals surface area contributed by atoms with E-state index in [4.69, 9.17) is 0 Å². The molecule has 2 N–H and O–H groups in total. The SMILES string of the molecule is O=C(NCC(=O)N1CC2CCCC2C1)Nc1ccc2cnccc2c1. The highest BCUT2D eigenvalue weighted by atomic mass is 16.2. The van der Waals surface area contributed by atoms with Gasteiger partial charge in [0.25, 0.3) is 0 Å². The third-order valence-electron chi connectivity index (χ3n) is 5.38. The highest BCUT2D eigenvalue weighted by molar-refractivity contribution is 5.95. The van der Waals surface area contributed by atoms with Crippen LogP contribution in [0.25, 0.3) is 10.8 Å². The molecule has 6 heteroatoms. The molecule has 4 rings (SSSR count). The van der Waals surface area contributed by atoms with Crippen molar-refractivity contribution in [3.05, 3.63) is 36.7 Å². The molecule has 130 valence electrons. The highest BCUT2D eigenvalue weighted by Crippen LogP contribution is 2.37. The summed E-state index contributed by atoms with van der Waals surface area (Å²) in [5.41, 5.74) is 0.694. The summed E-state index contributed by atoms with van der Waals surface area (Å²) in [5.74, 6) is 1.35. The van der Waals surface area contributed by atoms with Gasteiger partial charge in [0, 0.05) is 36.6 Å². The lowest BCUT2D eigenvalue weighted by Crippen LogP contribution is -2.40. The molecule has 1 aliphatic carbocycles. The fourth-order valence-corrected chi connectivity index (χ4v) is 4.04. The molecular formula is C19H22N4O2. The van der Waals surface area contributed by atoms with Crippen LogP contribution >= 0.6 is 0 Å². The van der Waals surface area contributed by atoms with Crippen molar-refractivity contribution < 1.29 is 9.59 Å². The summed E-state index contributed by atoms with van der Waals surface area (Å²) in [5, 5.41) is 7.47. The van der Waals surface area contributed by atoms with Crippen molar-refractivity contribution in [2.24, 2.45) is 11.8 Å². The number of anilines is 1. The molecule has 25 heavy (non-hydrogen) atoms. The third-order valence-corrected chi connectivity index (χ3v) is 5.38. The second kappa shape index (κ2) is 6.70. The van der Waals surface area contributed by atoms with E-state index in [1.165, 1.54) is 19.3 Å². The minimum absolute atomic E-state index is 0.00846. The van der Waals surface area contributed by atoms with Crippen LogP contribution in [0.5, 0.6) is 0 Å². The van der Waals surface area contributed by atoms with Crippen molar-refractivity contribution in [3.63, 3.8) is 0 Å². The van der Waals surface area contributed by atoms with Gasteiger partial charge in [0.15, 0.2) is 0 Å². The molecule has 2 fully saturated rings. The molecule has 2 atom stereocenters. The number of nitrogens with zero attached hydrogens (tertiary/aromatic N) is 2. The van der Waals surface area contributed by atoms with E-state index in [2.05, 4.69) is 15.6 Å². The van der Waals surface area contributed by atoms with Crippen LogP contribution in [0.1, 0.15) is 19.3 Å². The predicted molar refractivity (Wildman–Crippen MR) is 96.2 cm³/mol. The molecule has 2 aliphatic rings. The molecule has 1 saturated carbocycles. The van der Waals surface area contributed by atoms with E-state index >= 15 is 0 Å². The Balaban J connectivity index is 1.29. The first-order chi connectivity index (χ1) is 12.2. The molecule has 2 unspecified atom stereocenters. The molecule has 0 bridgehead atoms. The molecule has 2 heterocycles. The number of amides is 3. The second-order valence-corrected chi connectivity index (χ2v) is 7.00. The van der Waals surface area contributed by atoms with E-state index in [-0.39, 0.29) is 18.5 Å². The first-order valence-electron chi connectivity index (χ1n) is 8.85. The van der Waals surface area contributed by atoms with Gasteiger partial charge in [-0.1, -0.05) is 12.5 Å². The Bertz CT molecular complexity index is 795. The topological polar surface area (TPSA) is 74.3 Å². The zero-order valence-corrected chi connectivity index (χ0v) is 14.1. The summed E-state index contributed by atoms with van der Waals surface area (Å²) in [4.78, 5) is 30.3. The quantitative estimate of drug-likeness (QED) is 0.903. The number of pyridine rings is 1. The minimum Gasteiger partial charge on any atom is -0.341 e. The molecule has 1 saturated heterocycles. The number of aromatic nitrogens is 1. The van der Waals surface area contributed by atoms with E-state index < -0.39 is 0 Å². The molecule has 2 aromatic rings. The molecule has 0 spiro atoms. The number of urea groups is 1. The normalized spacial score (nSPS) is 22.0. The van der Waals surface area contributed by atoms with Gasteiger partial charge < -0.3 is 15.5 Å². The van der Waals surface area contributed by atoms with Crippen molar-refractivity contribution in [1.82, 2.24) is 15.2 Å². The lowest BCUT2D eigenvalue weighted by molar-refractivity contribution is -0.129. The van der Waals surface area contributed by atoms with Crippen molar-refractivity contribution in [3.8, 4) is 0 Å². The summed E-state index contributed by atoms with van der Waals surface area (Å²) in [6.07, 6.45) is 7.26. The van der Waals surface area contributed by atoms with Crippen molar-refractivity contribution >= 4 is 28.4 Å². The van der Waals surface area contributed by atoms with Gasteiger partial charge in [0.1, 0.15) is 0 Å². The smallest absolute Gasteiger partial charge is 0.319 e. The average Bonchev–Trinajstić information content (AvgIpc) is 3.21. The van der Waals surface area contributed by atoms with Crippen LogP contribution in [0.4, 0.5) is 10.5 Å². The van der Waals surface area contributed by atoms with Gasteiger partial charge in [-0.3, -0.25) is 9.78 Å². The number of hydrogen-bond donors (Lipinski definition) is 2. The van der Waals surface area contributed by atoms with Gasteiger partial charge >= 0.3 is 6.03 Å². The van der Waals surface area contributed by atoms with Gasteiger partial charge in [-0.25, -0.2) is 4.79 Å². The highest BCUT2D eigenvalue weighted by Gasteiger charge is 2.37. The summed E-state index contributed by atoms with van der Waals surface area (Å²) >= 11 is 0. The lowest BCUT2D eigenvalue weighted by atomic mass is 10.0. The molecule has 1 aliphatic heterocycles. The summed E-state index contributed by atoms with van der Waals surface area (Å²) in [6.45, 7) is 1.75. The van der Waals surface area contributed by atoms with Crippen LogP contribution in [-0.2, 0) is 4.79 Å². The van der Waals surface area contributed by atoms with Crippen LogP contribution in [0, 0.1) is 11.8 Å². The molecule has 3 amide bonds. The third kappa shape index (κ3) is 3.43. The van der Waals surface area contributed by atoms with Gasteiger partial charge in [0.2, 0.25) is 5.91 Å².